The summed E-state index contributed by atoms with van der Waals surface area (Å²) in [5.74, 6) is 1.75. The number of benzene rings is 1. The predicted octanol–water partition coefficient (Wildman–Crippen LogP) is 2.60. The fourth-order valence-electron chi connectivity index (χ4n) is 2.48. The van der Waals surface area contributed by atoms with Gasteiger partial charge in [-0.3, -0.25) is 4.79 Å². The second kappa shape index (κ2) is 5.41. The Hall–Kier alpha value is -2.23. The maximum atomic E-state index is 11.7. The Morgan fingerprint density at radius 1 is 1.30 bits per heavy atom. The topological polar surface area (TPSA) is 52.1 Å². The van der Waals surface area contributed by atoms with Gasteiger partial charge in [-0.25, -0.2) is 9.97 Å². The molecule has 0 bridgehead atoms. The Morgan fingerprint density at radius 2 is 2.20 bits per heavy atom. The Kier molecular flexibility index (Phi) is 3.46. The van der Waals surface area contributed by atoms with Crippen LogP contribution in [-0.4, -0.2) is 22.9 Å². The molecule has 4 nitrogen and oxygen atoms in total. The van der Waals surface area contributed by atoms with Crippen LogP contribution in [0.1, 0.15) is 40.3 Å². The van der Waals surface area contributed by atoms with Gasteiger partial charge in [-0.1, -0.05) is 12.1 Å². The van der Waals surface area contributed by atoms with Crippen LogP contribution in [0, 0.1) is 0 Å². The SMILES string of the molecule is COc1cccc(Cc2ncc3c(n2)CCCC3=O)c1. The summed E-state index contributed by atoms with van der Waals surface area (Å²) in [5.41, 5.74) is 2.70. The summed E-state index contributed by atoms with van der Waals surface area (Å²) >= 11 is 0. The quantitative estimate of drug-likeness (QED) is 0.858. The molecule has 2 aromatic rings. The smallest absolute Gasteiger partial charge is 0.166 e. The van der Waals surface area contributed by atoms with Gasteiger partial charge in [0.15, 0.2) is 5.78 Å². The molecule has 1 aromatic heterocycles. The van der Waals surface area contributed by atoms with E-state index in [1.165, 1.54) is 0 Å². The van der Waals surface area contributed by atoms with Gasteiger partial charge < -0.3 is 4.74 Å². The first-order valence-corrected chi connectivity index (χ1v) is 6.77. The molecule has 0 unspecified atom stereocenters. The van der Waals surface area contributed by atoms with Gasteiger partial charge in [0.05, 0.1) is 18.4 Å². The van der Waals surface area contributed by atoms with Gasteiger partial charge in [-0.05, 0) is 30.5 Å². The van der Waals surface area contributed by atoms with Crippen molar-refractivity contribution < 1.29 is 9.53 Å². The van der Waals surface area contributed by atoms with E-state index in [1.807, 2.05) is 24.3 Å². The van der Waals surface area contributed by atoms with Crippen LogP contribution in [0.3, 0.4) is 0 Å². The maximum absolute atomic E-state index is 11.7. The average molecular weight is 268 g/mol. The van der Waals surface area contributed by atoms with E-state index in [-0.39, 0.29) is 5.78 Å². The number of nitrogens with zero attached hydrogens (tertiary/aromatic N) is 2. The lowest BCUT2D eigenvalue weighted by Crippen LogP contribution is -2.15. The molecule has 1 aliphatic carbocycles. The van der Waals surface area contributed by atoms with Crippen molar-refractivity contribution in [2.75, 3.05) is 7.11 Å². The van der Waals surface area contributed by atoms with Crippen LogP contribution in [0.25, 0.3) is 0 Å². The molecule has 1 heterocycles. The molecule has 1 aliphatic rings. The molecule has 0 radical (unpaired) electrons. The Morgan fingerprint density at radius 3 is 3.05 bits per heavy atom. The van der Waals surface area contributed by atoms with Crippen molar-refractivity contribution in [1.82, 2.24) is 9.97 Å². The Labute approximate surface area is 117 Å². The third kappa shape index (κ3) is 2.54. The number of ketones is 1. The van der Waals surface area contributed by atoms with Crippen molar-refractivity contribution in [1.29, 1.82) is 0 Å². The van der Waals surface area contributed by atoms with E-state index in [4.69, 9.17) is 4.74 Å². The monoisotopic (exact) mass is 268 g/mol. The van der Waals surface area contributed by atoms with Gasteiger partial charge in [-0.2, -0.15) is 0 Å². The molecule has 0 amide bonds. The van der Waals surface area contributed by atoms with Crippen LogP contribution in [0.4, 0.5) is 0 Å². The van der Waals surface area contributed by atoms with E-state index in [9.17, 15) is 4.79 Å². The molecule has 4 heteroatoms. The van der Waals surface area contributed by atoms with E-state index in [2.05, 4.69) is 9.97 Å². The van der Waals surface area contributed by atoms with Gasteiger partial charge in [0, 0.05) is 19.0 Å². The van der Waals surface area contributed by atoms with E-state index in [0.717, 1.165) is 35.7 Å². The van der Waals surface area contributed by atoms with Crippen molar-refractivity contribution in [2.24, 2.45) is 0 Å². The third-order valence-corrected chi connectivity index (χ3v) is 3.53. The first-order valence-electron chi connectivity index (χ1n) is 6.77. The number of carbonyl (C=O) groups is 1. The highest BCUT2D eigenvalue weighted by molar-refractivity contribution is 5.97. The van der Waals surface area contributed by atoms with Gasteiger partial charge in [0.25, 0.3) is 0 Å². The van der Waals surface area contributed by atoms with Crippen LogP contribution < -0.4 is 4.74 Å². The standard InChI is InChI=1S/C16H16N2O2/c1-20-12-5-2-4-11(8-12)9-16-17-10-13-14(18-16)6-3-7-15(13)19/h2,4-5,8,10H,3,6-7,9H2,1H3. The molecule has 0 spiro atoms. The minimum atomic E-state index is 0.166. The van der Waals surface area contributed by atoms with E-state index < -0.39 is 0 Å². The molecule has 0 N–H and O–H groups in total. The molecule has 0 atom stereocenters. The minimum absolute atomic E-state index is 0.166. The zero-order valence-corrected chi connectivity index (χ0v) is 11.4. The largest absolute Gasteiger partial charge is 0.497 e. The summed E-state index contributed by atoms with van der Waals surface area (Å²) in [6.45, 7) is 0. The highest BCUT2D eigenvalue weighted by Gasteiger charge is 2.19. The second-order valence-electron chi connectivity index (χ2n) is 4.95. The van der Waals surface area contributed by atoms with Crippen LogP contribution in [0.15, 0.2) is 30.5 Å². The molecular formula is C16H16N2O2. The van der Waals surface area contributed by atoms with Gasteiger partial charge in [0.1, 0.15) is 11.6 Å². The molecular weight excluding hydrogens is 252 g/mol. The summed E-state index contributed by atoms with van der Waals surface area (Å²) < 4.78 is 5.21. The summed E-state index contributed by atoms with van der Waals surface area (Å²) in [6.07, 6.45) is 4.71. The fraction of sp³-hybridized carbons (Fsp3) is 0.312. The maximum Gasteiger partial charge on any atom is 0.166 e. The summed E-state index contributed by atoms with van der Waals surface area (Å²) in [4.78, 5) is 20.6. The van der Waals surface area contributed by atoms with E-state index in [0.29, 0.717) is 18.4 Å². The lowest BCUT2D eigenvalue weighted by atomic mass is 9.96. The molecule has 3 rings (SSSR count). The third-order valence-electron chi connectivity index (χ3n) is 3.53. The summed E-state index contributed by atoms with van der Waals surface area (Å²) in [6, 6.07) is 7.87. The molecule has 0 aliphatic heterocycles. The predicted molar refractivity (Wildman–Crippen MR) is 75.1 cm³/mol. The molecule has 0 fully saturated rings. The average Bonchev–Trinajstić information content (AvgIpc) is 2.47. The molecule has 102 valence electrons. The van der Waals surface area contributed by atoms with Crippen molar-refractivity contribution >= 4 is 5.78 Å². The zero-order chi connectivity index (χ0) is 13.9. The normalized spacial score (nSPS) is 13.9. The number of aromatic nitrogens is 2. The Balaban J connectivity index is 1.86. The van der Waals surface area contributed by atoms with Crippen molar-refractivity contribution in [3.63, 3.8) is 0 Å². The second-order valence-corrected chi connectivity index (χ2v) is 4.95. The number of hydrogen-bond acceptors (Lipinski definition) is 4. The van der Waals surface area contributed by atoms with Crippen LogP contribution in [0.5, 0.6) is 5.75 Å². The molecule has 0 saturated carbocycles. The number of Topliss-reactive ketones (excluding diaryl/α,β-unsaturated/α-hetero) is 1. The number of aryl methyl sites for hydroxylation is 1. The first-order chi connectivity index (χ1) is 9.76. The highest BCUT2D eigenvalue weighted by atomic mass is 16.5. The molecule has 20 heavy (non-hydrogen) atoms. The van der Waals surface area contributed by atoms with E-state index in [1.54, 1.807) is 13.3 Å². The van der Waals surface area contributed by atoms with Crippen molar-refractivity contribution in [3.05, 3.63) is 53.1 Å². The zero-order valence-electron chi connectivity index (χ0n) is 11.4. The molecule has 0 saturated heterocycles. The van der Waals surface area contributed by atoms with Gasteiger partial charge in [-0.15, -0.1) is 0 Å². The summed E-state index contributed by atoms with van der Waals surface area (Å²) in [5, 5.41) is 0. The van der Waals surface area contributed by atoms with Gasteiger partial charge >= 0.3 is 0 Å². The number of fused-ring (bicyclic) bond motifs is 1. The Bertz CT molecular complexity index is 653. The lowest BCUT2D eigenvalue weighted by Gasteiger charge is -2.13. The fourth-order valence-corrected chi connectivity index (χ4v) is 2.48. The van der Waals surface area contributed by atoms with Crippen LogP contribution >= 0.6 is 0 Å². The van der Waals surface area contributed by atoms with Gasteiger partial charge in [0.2, 0.25) is 0 Å². The summed E-state index contributed by atoms with van der Waals surface area (Å²) in [7, 11) is 1.65. The number of carbonyl (C=O) groups excluding carboxylic acids is 1. The highest BCUT2D eigenvalue weighted by Crippen LogP contribution is 2.20. The van der Waals surface area contributed by atoms with Crippen LogP contribution in [0.2, 0.25) is 0 Å². The first kappa shape index (κ1) is 12.8. The number of methoxy groups -OCH3 is 1. The molecule has 1 aromatic carbocycles. The lowest BCUT2D eigenvalue weighted by molar-refractivity contribution is 0.0971. The minimum Gasteiger partial charge on any atom is -0.497 e. The number of rotatable bonds is 3. The number of hydrogen-bond donors (Lipinski definition) is 0. The van der Waals surface area contributed by atoms with Crippen LogP contribution in [-0.2, 0) is 12.8 Å². The number of ether oxygens (including phenoxy) is 1. The van der Waals surface area contributed by atoms with Crippen molar-refractivity contribution in [2.45, 2.75) is 25.7 Å². The van der Waals surface area contributed by atoms with Crippen molar-refractivity contribution in [3.8, 4) is 5.75 Å². The van der Waals surface area contributed by atoms with E-state index >= 15 is 0 Å².